The molecule has 0 atom stereocenters. The molecule has 1 aliphatic heterocycles. The molecule has 66 valence electrons. The van der Waals surface area contributed by atoms with Gasteiger partial charge in [-0.05, 0) is 6.07 Å². The predicted octanol–water partition coefficient (Wildman–Crippen LogP) is -0.343. The molecule has 2 N–H and O–H groups in total. The van der Waals surface area contributed by atoms with Gasteiger partial charge in [0, 0.05) is 32.4 Å². The van der Waals surface area contributed by atoms with Gasteiger partial charge in [0.05, 0.1) is 12.2 Å². The van der Waals surface area contributed by atoms with Crippen molar-refractivity contribution in [3.63, 3.8) is 0 Å². The van der Waals surface area contributed by atoms with Crippen LogP contribution in [-0.4, -0.2) is 34.3 Å². The normalized spacial score (nSPS) is 17.8. The first-order chi connectivity index (χ1) is 5.90. The van der Waals surface area contributed by atoms with E-state index in [1.807, 2.05) is 6.20 Å². The van der Waals surface area contributed by atoms with Crippen molar-refractivity contribution in [1.82, 2.24) is 14.7 Å². The molecule has 4 heteroatoms. The molecule has 0 saturated heterocycles. The van der Waals surface area contributed by atoms with E-state index < -0.39 is 0 Å². The van der Waals surface area contributed by atoms with E-state index in [0.717, 1.165) is 32.7 Å². The van der Waals surface area contributed by atoms with Crippen LogP contribution in [0.1, 0.15) is 5.69 Å². The summed E-state index contributed by atoms with van der Waals surface area (Å²) >= 11 is 0. The zero-order valence-corrected chi connectivity index (χ0v) is 7.11. The third kappa shape index (κ3) is 1.35. The van der Waals surface area contributed by atoms with Crippen LogP contribution < -0.4 is 5.73 Å². The predicted molar refractivity (Wildman–Crippen MR) is 46.6 cm³/mol. The smallest absolute Gasteiger partial charge is 0.0540 e. The first-order valence-electron chi connectivity index (χ1n) is 4.33. The summed E-state index contributed by atoms with van der Waals surface area (Å²) in [6.07, 6.45) is 1.86. The largest absolute Gasteiger partial charge is 0.329 e. The minimum atomic E-state index is 0.744. The Hall–Kier alpha value is -0.870. The van der Waals surface area contributed by atoms with Gasteiger partial charge in [0.15, 0.2) is 0 Å². The molecule has 0 unspecified atom stereocenters. The summed E-state index contributed by atoms with van der Waals surface area (Å²) < 4.78 is 2.06. The molecule has 1 aromatic rings. The van der Waals surface area contributed by atoms with Gasteiger partial charge in [0.2, 0.25) is 0 Å². The third-order valence-electron chi connectivity index (χ3n) is 2.26. The number of hydrogen-bond donors (Lipinski definition) is 1. The van der Waals surface area contributed by atoms with E-state index in [0.29, 0.717) is 0 Å². The van der Waals surface area contributed by atoms with Crippen LogP contribution in [0.3, 0.4) is 0 Å². The van der Waals surface area contributed by atoms with Crippen LogP contribution in [0.15, 0.2) is 12.3 Å². The second-order valence-corrected chi connectivity index (χ2v) is 3.11. The van der Waals surface area contributed by atoms with Gasteiger partial charge in [0.25, 0.3) is 0 Å². The monoisotopic (exact) mass is 166 g/mol. The summed E-state index contributed by atoms with van der Waals surface area (Å²) in [4.78, 5) is 2.36. The summed E-state index contributed by atoms with van der Waals surface area (Å²) in [6, 6.07) is 2.07. The topological polar surface area (TPSA) is 47.1 Å². The van der Waals surface area contributed by atoms with Crippen molar-refractivity contribution in [2.24, 2.45) is 5.73 Å². The Bertz CT molecular complexity index is 255. The quantitative estimate of drug-likeness (QED) is 0.653. The van der Waals surface area contributed by atoms with Gasteiger partial charge in [-0.2, -0.15) is 5.10 Å². The summed E-state index contributed by atoms with van der Waals surface area (Å²) in [5.74, 6) is 0. The van der Waals surface area contributed by atoms with Crippen molar-refractivity contribution in [2.75, 3.05) is 19.6 Å². The molecular weight excluding hydrogens is 152 g/mol. The maximum Gasteiger partial charge on any atom is 0.0540 e. The van der Waals surface area contributed by atoms with E-state index in [2.05, 4.69) is 20.7 Å². The minimum Gasteiger partial charge on any atom is -0.329 e. The molecule has 0 aromatic carbocycles. The maximum atomic E-state index is 5.49. The molecule has 4 nitrogen and oxygen atoms in total. The average Bonchev–Trinajstić information content (AvgIpc) is 2.51. The summed E-state index contributed by atoms with van der Waals surface area (Å²) in [5, 5.41) is 4.21. The highest BCUT2D eigenvalue weighted by Gasteiger charge is 2.14. The Morgan fingerprint density at radius 3 is 3.25 bits per heavy atom. The van der Waals surface area contributed by atoms with Crippen LogP contribution in [-0.2, 0) is 13.1 Å². The van der Waals surface area contributed by atoms with Gasteiger partial charge >= 0.3 is 0 Å². The zero-order chi connectivity index (χ0) is 8.39. The molecular formula is C8H14N4. The summed E-state index contributed by atoms with van der Waals surface area (Å²) in [6.45, 7) is 4.81. The van der Waals surface area contributed by atoms with E-state index in [-0.39, 0.29) is 0 Å². The molecule has 0 bridgehead atoms. The van der Waals surface area contributed by atoms with Crippen LogP contribution in [0.4, 0.5) is 0 Å². The SMILES string of the molecule is NCCN1CCn2nccc2C1. The highest BCUT2D eigenvalue weighted by Crippen LogP contribution is 2.09. The number of nitrogens with zero attached hydrogens (tertiary/aromatic N) is 3. The molecule has 12 heavy (non-hydrogen) atoms. The van der Waals surface area contributed by atoms with Crippen molar-refractivity contribution >= 4 is 0 Å². The van der Waals surface area contributed by atoms with E-state index in [4.69, 9.17) is 5.73 Å². The number of nitrogens with two attached hydrogens (primary N) is 1. The Morgan fingerprint density at radius 1 is 1.50 bits per heavy atom. The fourth-order valence-electron chi connectivity index (χ4n) is 1.61. The molecule has 1 aromatic heterocycles. The lowest BCUT2D eigenvalue weighted by molar-refractivity contribution is 0.219. The van der Waals surface area contributed by atoms with Gasteiger partial charge < -0.3 is 5.73 Å². The molecule has 2 heterocycles. The van der Waals surface area contributed by atoms with Crippen molar-refractivity contribution in [1.29, 1.82) is 0 Å². The van der Waals surface area contributed by atoms with Gasteiger partial charge in [-0.25, -0.2) is 0 Å². The summed E-state index contributed by atoms with van der Waals surface area (Å²) in [5.41, 5.74) is 6.79. The van der Waals surface area contributed by atoms with Crippen molar-refractivity contribution < 1.29 is 0 Å². The van der Waals surface area contributed by atoms with Crippen LogP contribution in [0, 0.1) is 0 Å². The lowest BCUT2D eigenvalue weighted by Gasteiger charge is -2.26. The average molecular weight is 166 g/mol. The number of fused-ring (bicyclic) bond motifs is 1. The fraction of sp³-hybridized carbons (Fsp3) is 0.625. The highest BCUT2D eigenvalue weighted by molar-refractivity contribution is 5.02. The van der Waals surface area contributed by atoms with E-state index in [1.54, 1.807) is 0 Å². The second kappa shape index (κ2) is 3.25. The summed E-state index contributed by atoms with van der Waals surface area (Å²) in [7, 11) is 0. The lowest BCUT2D eigenvalue weighted by Crippen LogP contribution is -2.36. The van der Waals surface area contributed by atoms with E-state index in [9.17, 15) is 0 Å². The van der Waals surface area contributed by atoms with Gasteiger partial charge in [-0.1, -0.05) is 0 Å². The second-order valence-electron chi connectivity index (χ2n) is 3.11. The molecule has 0 amide bonds. The molecule has 0 spiro atoms. The molecule has 2 rings (SSSR count). The minimum absolute atomic E-state index is 0.744. The van der Waals surface area contributed by atoms with Crippen molar-refractivity contribution in [3.8, 4) is 0 Å². The van der Waals surface area contributed by atoms with Crippen LogP contribution in [0.5, 0.6) is 0 Å². The Balaban J connectivity index is 2.05. The van der Waals surface area contributed by atoms with Gasteiger partial charge in [-0.3, -0.25) is 9.58 Å². The van der Waals surface area contributed by atoms with E-state index >= 15 is 0 Å². The lowest BCUT2D eigenvalue weighted by atomic mass is 10.3. The number of hydrogen-bond acceptors (Lipinski definition) is 3. The number of aromatic nitrogens is 2. The Morgan fingerprint density at radius 2 is 2.42 bits per heavy atom. The van der Waals surface area contributed by atoms with E-state index in [1.165, 1.54) is 5.69 Å². The highest BCUT2D eigenvalue weighted by atomic mass is 15.3. The fourth-order valence-corrected chi connectivity index (χ4v) is 1.61. The third-order valence-corrected chi connectivity index (χ3v) is 2.26. The van der Waals surface area contributed by atoms with Crippen molar-refractivity contribution in [3.05, 3.63) is 18.0 Å². The standard InChI is InChI=1S/C8H14N4/c9-2-4-11-5-6-12-8(7-11)1-3-10-12/h1,3H,2,4-7,9H2. The van der Waals surface area contributed by atoms with Crippen molar-refractivity contribution in [2.45, 2.75) is 13.1 Å². The first kappa shape index (κ1) is 7.76. The van der Waals surface area contributed by atoms with Crippen LogP contribution in [0.25, 0.3) is 0 Å². The first-order valence-corrected chi connectivity index (χ1v) is 4.33. The zero-order valence-electron chi connectivity index (χ0n) is 7.11. The van der Waals surface area contributed by atoms with Gasteiger partial charge in [-0.15, -0.1) is 0 Å². The molecule has 0 radical (unpaired) electrons. The molecule has 0 fully saturated rings. The molecule has 0 saturated carbocycles. The van der Waals surface area contributed by atoms with Crippen LogP contribution >= 0.6 is 0 Å². The Kier molecular flexibility index (Phi) is 2.10. The van der Waals surface area contributed by atoms with Gasteiger partial charge in [0.1, 0.15) is 0 Å². The maximum absolute atomic E-state index is 5.49. The molecule has 0 aliphatic carbocycles. The Labute approximate surface area is 72.0 Å². The van der Waals surface area contributed by atoms with Crippen LogP contribution in [0.2, 0.25) is 0 Å². The number of rotatable bonds is 2. The molecule has 1 aliphatic rings.